The van der Waals surface area contributed by atoms with Crippen molar-refractivity contribution in [2.45, 2.75) is 6.04 Å². The Morgan fingerprint density at radius 1 is 1.67 bits per heavy atom. The number of rotatable bonds is 3. The number of nitrogens with one attached hydrogen (secondary N) is 2. The van der Waals surface area contributed by atoms with Crippen molar-refractivity contribution in [3.05, 3.63) is 0 Å². The molecule has 0 unspecified atom stereocenters. The van der Waals surface area contributed by atoms with E-state index in [4.69, 9.17) is 0 Å². The summed E-state index contributed by atoms with van der Waals surface area (Å²) in [5.74, 6) is -0.0237. The molecule has 1 atom stereocenters. The minimum absolute atomic E-state index is 0.0237. The molecular formula is C5H14N3O+. The number of carbonyl (C=O) groups excluding carboxylic acids is 1. The van der Waals surface area contributed by atoms with Crippen LogP contribution in [0, 0.1) is 0 Å². The highest BCUT2D eigenvalue weighted by Crippen LogP contribution is 1.69. The van der Waals surface area contributed by atoms with Gasteiger partial charge in [-0.15, -0.1) is 0 Å². The third-order valence-corrected chi connectivity index (χ3v) is 1.07. The molecule has 0 aromatic carbocycles. The van der Waals surface area contributed by atoms with Gasteiger partial charge in [-0.1, -0.05) is 0 Å². The monoisotopic (exact) mass is 132 g/mol. The molecule has 54 valence electrons. The Labute approximate surface area is 54.8 Å². The summed E-state index contributed by atoms with van der Waals surface area (Å²) < 4.78 is 0. The van der Waals surface area contributed by atoms with Crippen molar-refractivity contribution in [2.24, 2.45) is 0 Å². The van der Waals surface area contributed by atoms with Gasteiger partial charge in [0.15, 0.2) is 6.04 Å². The van der Waals surface area contributed by atoms with Gasteiger partial charge in [0.2, 0.25) is 0 Å². The molecule has 0 aliphatic carbocycles. The van der Waals surface area contributed by atoms with E-state index in [0.717, 1.165) is 0 Å². The number of quaternary nitrogens is 1. The number of carbonyl (C=O) groups is 1. The number of amides is 1. The van der Waals surface area contributed by atoms with Crippen LogP contribution < -0.4 is 16.4 Å². The van der Waals surface area contributed by atoms with Crippen LogP contribution in [-0.2, 0) is 4.79 Å². The third kappa shape index (κ3) is 3.05. The van der Waals surface area contributed by atoms with Gasteiger partial charge in [-0.05, 0) is 7.05 Å². The number of hydrogen-bond acceptors (Lipinski definition) is 2. The predicted octanol–water partition coefficient (Wildman–Crippen LogP) is -2.44. The molecule has 0 bridgehead atoms. The van der Waals surface area contributed by atoms with E-state index in [1.165, 1.54) is 0 Å². The summed E-state index contributed by atoms with van der Waals surface area (Å²) in [6.45, 7) is 0.625. The number of likely N-dealkylation sites (N-methyl/N-ethyl adjacent to an activating group) is 2. The quantitative estimate of drug-likeness (QED) is 0.399. The van der Waals surface area contributed by atoms with E-state index in [0.29, 0.717) is 6.54 Å². The molecule has 0 rings (SSSR count). The summed E-state index contributed by atoms with van der Waals surface area (Å²) in [5, 5.41) is 5.37. The van der Waals surface area contributed by atoms with Crippen LogP contribution in [-0.4, -0.2) is 32.6 Å². The first-order chi connectivity index (χ1) is 4.22. The average molecular weight is 132 g/mol. The molecule has 0 spiro atoms. The Morgan fingerprint density at radius 2 is 2.22 bits per heavy atom. The van der Waals surface area contributed by atoms with Crippen molar-refractivity contribution in [1.82, 2.24) is 10.6 Å². The lowest BCUT2D eigenvalue weighted by atomic mass is 10.3. The fourth-order valence-electron chi connectivity index (χ4n) is 0.543. The van der Waals surface area contributed by atoms with Gasteiger partial charge >= 0.3 is 0 Å². The second-order valence-corrected chi connectivity index (χ2v) is 1.87. The van der Waals surface area contributed by atoms with Crippen LogP contribution in [0.15, 0.2) is 0 Å². The van der Waals surface area contributed by atoms with Gasteiger partial charge < -0.3 is 16.4 Å². The minimum atomic E-state index is -0.181. The molecule has 5 N–H and O–H groups in total. The first kappa shape index (κ1) is 8.39. The molecule has 0 radical (unpaired) electrons. The fourth-order valence-corrected chi connectivity index (χ4v) is 0.543. The molecule has 0 aliphatic heterocycles. The van der Waals surface area contributed by atoms with Gasteiger partial charge in [0.1, 0.15) is 0 Å². The van der Waals surface area contributed by atoms with Crippen LogP contribution >= 0.6 is 0 Å². The zero-order chi connectivity index (χ0) is 7.28. The molecule has 0 saturated heterocycles. The molecule has 1 amide bonds. The first-order valence-electron chi connectivity index (χ1n) is 2.91. The molecule has 0 aliphatic rings. The van der Waals surface area contributed by atoms with Crippen molar-refractivity contribution in [1.29, 1.82) is 0 Å². The van der Waals surface area contributed by atoms with E-state index in [2.05, 4.69) is 16.4 Å². The Bertz CT molecular complexity index is 94.2. The Morgan fingerprint density at radius 3 is 2.56 bits per heavy atom. The largest absolute Gasteiger partial charge is 0.354 e. The molecule has 0 aromatic heterocycles. The van der Waals surface area contributed by atoms with Gasteiger partial charge in [0.05, 0.1) is 6.54 Å². The molecular weight excluding hydrogens is 118 g/mol. The van der Waals surface area contributed by atoms with Gasteiger partial charge in [-0.3, -0.25) is 4.79 Å². The molecule has 9 heavy (non-hydrogen) atoms. The smallest absolute Gasteiger partial charge is 0.279 e. The Hall–Kier alpha value is -0.610. The van der Waals surface area contributed by atoms with Crippen molar-refractivity contribution in [3.8, 4) is 0 Å². The second kappa shape index (κ2) is 4.29. The van der Waals surface area contributed by atoms with Crippen LogP contribution in [0.1, 0.15) is 0 Å². The van der Waals surface area contributed by atoms with Crippen molar-refractivity contribution in [2.75, 3.05) is 20.6 Å². The summed E-state index contributed by atoms with van der Waals surface area (Å²) in [5.41, 5.74) is 3.62. The lowest BCUT2D eigenvalue weighted by Crippen LogP contribution is -2.70. The Kier molecular flexibility index (Phi) is 4.00. The van der Waals surface area contributed by atoms with Crippen LogP contribution in [0.2, 0.25) is 0 Å². The van der Waals surface area contributed by atoms with Gasteiger partial charge in [0.25, 0.3) is 5.91 Å². The van der Waals surface area contributed by atoms with E-state index in [1.807, 2.05) is 0 Å². The lowest BCUT2D eigenvalue weighted by molar-refractivity contribution is -0.401. The molecule has 0 heterocycles. The SMILES string of the molecule is CNC[C@H]([NH3+])C(=O)NC. The highest BCUT2D eigenvalue weighted by atomic mass is 16.2. The molecule has 0 aromatic rings. The van der Waals surface area contributed by atoms with E-state index in [9.17, 15) is 4.79 Å². The maximum atomic E-state index is 10.7. The highest BCUT2D eigenvalue weighted by Gasteiger charge is 2.12. The summed E-state index contributed by atoms with van der Waals surface area (Å²) in [4.78, 5) is 10.7. The van der Waals surface area contributed by atoms with E-state index in [-0.39, 0.29) is 11.9 Å². The summed E-state index contributed by atoms with van der Waals surface area (Å²) in [7, 11) is 3.40. The number of hydrogen-bond donors (Lipinski definition) is 3. The second-order valence-electron chi connectivity index (χ2n) is 1.87. The van der Waals surface area contributed by atoms with Crippen molar-refractivity contribution in [3.63, 3.8) is 0 Å². The summed E-state index contributed by atoms with van der Waals surface area (Å²) in [6.07, 6.45) is 0. The van der Waals surface area contributed by atoms with Gasteiger partial charge in [-0.2, -0.15) is 0 Å². The van der Waals surface area contributed by atoms with Gasteiger partial charge in [-0.25, -0.2) is 0 Å². The average Bonchev–Trinajstić information content (AvgIpc) is 1.87. The topological polar surface area (TPSA) is 68.8 Å². The van der Waals surface area contributed by atoms with Crippen molar-refractivity contribution < 1.29 is 10.5 Å². The normalized spacial score (nSPS) is 12.8. The van der Waals surface area contributed by atoms with E-state index in [1.54, 1.807) is 14.1 Å². The zero-order valence-electron chi connectivity index (χ0n) is 5.90. The molecule has 0 saturated carbocycles. The van der Waals surface area contributed by atoms with Crippen molar-refractivity contribution >= 4 is 5.91 Å². The zero-order valence-corrected chi connectivity index (χ0v) is 5.90. The summed E-state index contributed by atoms with van der Waals surface area (Å²) >= 11 is 0. The molecule has 4 nitrogen and oxygen atoms in total. The molecule has 4 heteroatoms. The van der Waals surface area contributed by atoms with Gasteiger partial charge in [0, 0.05) is 7.05 Å². The highest BCUT2D eigenvalue weighted by molar-refractivity contribution is 5.79. The predicted molar refractivity (Wildman–Crippen MR) is 34.7 cm³/mol. The van der Waals surface area contributed by atoms with E-state index < -0.39 is 0 Å². The molecule has 0 fully saturated rings. The third-order valence-electron chi connectivity index (χ3n) is 1.07. The maximum Gasteiger partial charge on any atom is 0.279 e. The van der Waals surface area contributed by atoms with Crippen LogP contribution in [0.3, 0.4) is 0 Å². The standard InChI is InChI=1S/C5H13N3O/c1-7-3-4(6)5(9)8-2/h4,7H,3,6H2,1-2H3,(H,8,9)/p+1/t4-/m0/s1. The van der Waals surface area contributed by atoms with Crippen LogP contribution in [0.25, 0.3) is 0 Å². The van der Waals surface area contributed by atoms with Crippen LogP contribution in [0.4, 0.5) is 0 Å². The van der Waals surface area contributed by atoms with Crippen LogP contribution in [0.5, 0.6) is 0 Å². The minimum Gasteiger partial charge on any atom is -0.354 e. The Balaban J connectivity index is 3.45. The lowest BCUT2D eigenvalue weighted by Gasteiger charge is -2.03. The maximum absolute atomic E-state index is 10.7. The fraction of sp³-hybridized carbons (Fsp3) is 0.800. The summed E-state index contributed by atoms with van der Waals surface area (Å²) in [6, 6.07) is -0.181. The van der Waals surface area contributed by atoms with E-state index >= 15 is 0 Å². The first-order valence-corrected chi connectivity index (χ1v) is 2.91.